The van der Waals surface area contributed by atoms with Gasteiger partial charge < -0.3 is 14.8 Å². The molecule has 1 aliphatic heterocycles. The number of hydrogen-bond donors (Lipinski definition) is 1. The van der Waals surface area contributed by atoms with Crippen molar-refractivity contribution in [2.45, 2.75) is 19.3 Å². The number of nitrogens with zero attached hydrogens (tertiary/aromatic N) is 3. The van der Waals surface area contributed by atoms with Gasteiger partial charge in [-0.25, -0.2) is 4.98 Å². The molecule has 1 N–H and O–H groups in total. The molecular weight excluding hydrogens is 376 g/mol. The number of anilines is 1. The van der Waals surface area contributed by atoms with Crippen molar-refractivity contribution in [3.05, 3.63) is 58.9 Å². The highest BCUT2D eigenvalue weighted by Crippen LogP contribution is 2.22. The normalized spacial score (nSPS) is 14.1. The molecule has 2 heterocycles. The number of carbonyl (C=O) groups excluding carboxylic acids is 2. The zero-order valence-electron chi connectivity index (χ0n) is 15.6. The van der Waals surface area contributed by atoms with E-state index >= 15 is 0 Å². The number of aryl methyl sites for hydroxylation is 1. The molecule has 0 saturated carbocycles. The Labute approximate surface area is 168 Å². The maximum atomic E-state index is 12.5. The van der Waals surface area contributed by atoms with E-state index in [1.807, 2.05) is 34.7 Å². The Kier molecular flexibility index (Phi) is 5.05. The predicted molar refractivity (Wildman–Crippen MR) is 110 cm³/mol. The minimum absolute atomic E-state index is 0.225. The smallest absolute Gasteiger partial charge is 0.257 e. The van der Waals surface area contributed by atoms with Crippen LogP contribution < -0.4 is 5.32 Å². The fourth-order valence-corrected chi connectivity index (χ4v) is 3.79. The second-order valence-corrected chi connectivity index (χ2v) is 7.37. The van der Waals surface area contributed by atoms with Gasteiger partial charge in [0, 0.05) is 38.7 Å². The van der Waals surface area contributed by atoms with Gasteiger partial charge in [0.05, 0.1) is 21.6 Å². The van der Waals surface area contributed by atoms with Crippen LogP contribution in [0.3, 0.4) is 0 Å². The van der Waals surface area contributed by atoms with Crippen LogP contribution in [-0.4, -0.2) is 39.4 Å². The number of benzene rings is 2. The maximum Gasteiger partial charge on any atom is 0.257 e. The van der Waals surface area contributed by atoms with E-state index < -0.39 is 0 Å². The number of carbonyl (C=O) groups is 2. The third kappa shape index (κ3) is 3.60. The van der Waals surface area contributed by atoms with Crippen LogP contribution >= 0.6 is 11.6 Å². The van der Waals surface area contributed by atoms with Crippen molar-refractivity contribution in [3.63, 3.8) is 0 Å². The third-order valence-corrected chi connectivity index (χ3v) is 5.46. The highest BCUT2D eigenvalue weighted by atomic mass is 35.5. The monoisotopic (exact) mass is 396 g/mol. The van der Waals surface area contributed by atoms with Crippen molar-refractivity contribution in [1.82, 2.24) is 14.5 Å². The minimum Gasteiger partial charge on any atom is -0.342 e. The van der Waals surface area contributed by atoms with Crippen LogP contribution in [0.1, 0.15) is 29.0 Å². The van der Waals surface area contributed by atoms with Gasteiger partial charge in [-0.1, -0.05) is 23.7 Å². The zero-order valence-corrected chi connectivity index (χ0v) is 16.4. The van der Waals surface area contributed by atoms with Crippen LogP contribution in [0.2, 0.25) is 5.02 Å². The van der Waals surface area contributed by atoms with Gasteiger partial charge in [0.2, 0.25) is 5.91 Å². The number of imidazole rings is 1. The SMILES string of the molecule is Cn1c(CCN2CCCC2=O)nc2cc(NC(=O)c3ccccc3Cl)ccc21. The Morgan fingerprint density at radius 1 is 1.25 bits per heavy atom. The summed E-state index contributed by atoms with van der Waals surface area (Å²) in [5.41, 5.74) is 2.89. The van der Waals surface area contributed by atoms with Crippen LogP contribution in [0, 0.1) is 0 Å². The van der Waals surface area contributed by atoms with Gasteiger partial charge in [-0.3, -0.25) is 9.59 Å². The first kappa shape index (κ1) is 18.5. The predicted octanol–water partition coefficient (Wildman–Crippen LogP) is 3.64. The summed E-state index contributed by atoms with van der Waals surface area (Å²) >= 11 is 6.10. The van der Waals surface area contributed by atoms with Crippen LogP contribution in [-0.2, 0) is 18.3 Å². The Morgan fingerprint density at radius 3 is 2.82 bits per heavy atom. The lowest BCUT2D eigenvalue weighted by atomic mass is 10.2. The van der Waals surface area contributed by atoms with Gasteiger partial charge in [-0.05, 0) is 36.8 Å². The molecule has 7 heteroatoms. The summed E-state index contributed by atoms with van der Waals surface area (Å²) < 4.78 is 2.04. The van der Waals surface area contributed by atoms with Crippen LogP contribution in [0.5, 0.6) is 0 Å². The Balaban J connectivity index is 1.52. The molecule has 0 spiro atoms. The van der Waals surface area contributed by atoms with Crippen molar-refractivity contribution in [2.75, 3.05) is 18.4 Å². The number of amides is 2. The van der Waals surface area contributed by atoms with E-state index in [1.165, 1.54) is 0 Å². The molecule has 1 aliphatic rings. The maximum absolute atomic E-state index is 12.5. The molecule has 0 atom stereocenters. The van der Waals surface area contributed by atoms with Gasteiger partial charge in [0.25, 0.3) is 5.91 Å². The number of aromatic nitrogens is 2. The number of likely N-dealkylation sites (tertiary alicyclic amines) is 1. The van der Waals surface area contributed by atoms with Gasteiger partial charge in [-0.2, -0.15) is 0 Å². The number of hydrogen-bond acceptors (Lipinski definition) is 3. The fraction of sp³-hybridized carbons (Fsp3) is 0.286. The molecule has 6 nitrogen and oxygen atoms in total. The molecule has 0 radical (unpaired) electrons. The number of fused-ring (bicyclic) bond motifs is 1. The average molecular weight is 397 g/mol. The molecule has 1 saturated heterocycles. The van der Waals surface area contributed by atoms with Crippen molar-refractivity contribution in [2.24, 2.45) is 7.05 Å². The molecule has 0 aliphatic carbocycles. The van der Waals surface area contributed by atoms with Crippen molar-refractivity contribution >= 4 is 40.1 Å². The fourth-order valence-electron chi connectivity index (χ4n) is 3.57. The topological polar surface area (TPSA) is 67.2 Å². The molecule has 0 bridgehead atoms. The first-order valence-electron chi connectivity index (χ1n) is 9.32. The van der Waals surface area contributed by atoms with Crippen molar-refractivity contribution in [1.29, 1.82) is 0 Å². The molecular formula is C21H21ClN4O2. The highest BCUT2D eigenvalue weighted by Gasteiger charge is 2.20. The molecule has 1 aromatic heterocycles. The second-order valence-electron chi connectivity index (χ2n) is 6.96. The Morgan fingerprint density at radius 2 is 2.07 bits per heavy atom. The van der Waals surface area contributed by atoms with Gasteiger partial charge in [0.15, 0.2) is 0 Å². The van der Waals surface area contributed by atoms with Gasteiger partial charge >= 0.3 is 0 Å². The first-order valence-corrected chi connectivity index (χ1v) is 9.70. The molecule has 28 heavy (non-hydrogen) atoms. The van der Waals surface area contributed by atoms with E-state index in [4.69, 9.17) is 16.6 Å². The number of halogens is 1. The standard InChI is InChI=1S/C21H21ClN4O2/c1-25-18-9-8-14(23-21(28)15-5-2-3-6-16(15)22)13-17(18)24-19(25)10-12-26-11-4-7-20(26)27/h2-3,5-6,8-9,13H,4,7,10-12H2,1H3,(H,23,28). The Hall–Kier alpha value is -2.86. The lowest BCUT2D eigenvalue weighted by Gasteiger charge is -2.14. The van der Waals surface area contributed by atoms with E-state index in [0.717, 1.165) is 29.8 Å². The molecule has 4 rings (SSSR count). The quantitative estimate of drug-likeness (QED) is 0.715. The summed E-state index contributed by atoms with van der Waals surface area (Å²) in [5, 5.41) is 3.29. The lowest BCUT2D eigenvalue weighted by molar-refractivity contribution is -0.127. The molecule has 1 fully saturated rings. The summed E-state index contributed by atoms with van der Waals surface area (Å²) in [5.74, 6) is 0.890. The summed E-state index contributed by atoms with van der Waals surface area (Å²) in [6.07, 6.45) is 2.30. The van der Waals surface area contributed by atoms with Gasteiger partial charge in [0.1, 0.15) is 5.82 Å². The second kappa shape index (κ2) is 7.64. The highest BCUT2D eigenvalue weighted by molar-refractivity contribution is 6.34. The molecule has 0 unspecified atom stereocenters. The van der Waals surface area contributed by atoms with E-state index in [1.54, 1.807) is 24.3 Å². The lowest BCUT2D eigenvalue weighted by Crippen LogP contribution is -2.27. The minimum atomic E-state index is -0.256. The van der Waals surface area contributed by atoms with Crippen LogP contribution in [0.25, 0.3) is 11.0 Å². The molecule has 2 amide bonds. The van der Waals surface area contributed by atoms with E-state index in [-0.39, 0.29) is 11.8 Å². The number of nitrogens with one attached hydrogen (secondary N) is 1. The molecule has 144 valence electrons. The summed E-state index contributed by atoms with van der Waals surface area (Å²) in [4.78, 5) is 30.9. The Bertz CT molecular complexity index is 1060. The third-order valence-electron chi connectivity index (χ3n) is 5.13. The largest absolute Gasteiger partial charge is 0.342 e. The van der Waals surface area contributed by atoms with Crippen LogP contribution in [0.15, 0.2) is 42.5 Å². The average Bonchev–Trinajstić information content (AvgIpc) is 3.23. The van der Waals surface area contributed by atoms with Gasteiger partial charge in [-0.15, -0.1) is 0 Å². The summed E-state index contributed by atoms with van der Waals surface area (Å²) in [7, 11) is 1.97. The van der Waals surface area contributed by atoms with E-state index in [2.05, 4.69) is 5.32 Å². The van der Waals surface area contributed by atoms with E-state index in [0.29, 0.717) is 35.7 Å². The van der Waals surface area contributed by atoms with Crippen molar-refractivity contribution in [3.8, 4) is 0 Å². The summed E-state index contributed by atoms with van der Waals surface area (Å²) in [6.45, 7) is 1.52. The van der Waals surface area contributed by atoms with Crippen molar-refractivity contribution < 1.29 is 9.59 Å². The summed E-state index contributed by atoms with van der Waals surface area (Å²) in [6, 6.07) is 12.6. The van der Waals surface area contributed by atoms with Crippen LogP contribution in [0.4, 0.5) is 5.69 Å². The first-order chi connectivity index (χ1) is 13.5. The van der Waals surface area contributed by atoms with E-state index in [9.17, 15) is 9.59 Å². The molecule has 3 aromatic rings. The number of rotatable bonds is 5. The zero-order chi connectivity index (χ0) is 19.7. The molecule has 2 aromatic carbocycles.